The fourth-order valence-electron chi connectivity index (χ4n) is 3.38. The smallest absolute Gasteiger partial charge is 0.333 e. The third-order valence-corrected chi connectivity index (χ3v) is 4.52. The second kappa shape index (κ2) is 6.68. The van der Waals surface area contributed by atoms with E-state index in [1.54, 1.807) is 31.2 Å². The summed E-state index contributed by atoms with van der Waals surface area (Å²) < 4.78 is 5.90. The first-order valence-corrected chi connectivity index (χ1v) is 8.07. The second-order valence-corrected chi connectivity index (χ2v) is 6.01. The van der Waals surface area contributed by atoms with Crippen LogP contribution in [0.4, 0.5) is 0 Å². The van der Waals surface area contributed by atoms with Gasteiger partial charge in [-0.25, -0.2) is 4.79 Å². The number of benzene rings is 1. The van der Waals surface area contributed by atoms with Crippen LogP contribution in [0.25, 0.3) is 10.8 Å². The van der Waals surface area contributed by atoms with Gasteiger partial charge in [-0.3, -0.25) is 14.7 Å². The Balaban J connectivity index is 2.14. The molecular weight excluding hydrogens is 344 g/mol. The number of aliphatic hydroxyl groups excluding tert-OH is 1. The molecule has 138 valence electrons. The highest BCUT2D eigenvalue weighted by Crippen LogP contribution is 2.43. The van der Waals surface area contributed by atoms with Crippen molar-refractivity contribution in [1.82, 2.24) is 4.57 Å². The molecule has 0 spiro atoms. The predicted molar refractivity (Wildman–Crippen MR) is 90.4 cm³/mol. The lowest BCUT2D eigenvalue weighted by Crippen LogP contribution is -2.44. The highest BCUT2D eigenvalue weighted by atomic mass is 16.6. The molecule has 2 aromatic rings. The van der Waals surface area contributed by atoms with Gasteiger partial charge >= 0.3 is 5.97 Å². The van der Waals surface area contributed by atoms with Crippen molar-refractivity contribution in [1.29, 1.82) is 0 Å². The van der Waals surface area contributed by atoms with Crippen molar-refractivity contribution in [2.45, 2.75) is 31.5 Å². The summed E-state index contributed by atoms with van der Waals surface area (Å²) in [5.41, 5.74) is 0.0546. The molecule has 1 heterocycles. The van der Waals surface area contributed by atoms with Gasteiger partial charge < -0.3 is 20.1 Å². The molecule has 9 nitrogen and oxygen atoms in total. The lowest BCUT2D eigenvalue weighted by molar-refractivity contribution is -0.540. The van der Waals surface area contributed by atoms with E-state index < -0.39 is 29.1 Å². The van der Waals surface area contributed by atoms with Crippen LogP contribution < -0.4 is 0 Å². The number of carbonyl (C=O) groups excluding carboxylic acids is 1. The predicted octanol–water partition coefficient (Wildman–Crippen LogP) is 1.49. The summed E-state index contributed by atoms with van der Waals surface area (Å²) in [6, 6.07) is 3.70. The number of hydrogen-bond acceptors (Lipinski definition) is 7. The molecule has 0 saturated heterocycles. The van der Waals surface area contributed by atoms with Gasteiger partial charge in [0.15, 0.2) is 0 Å². The van der Waals surface area contributed by atoms with Gasteiger partial charge in [-0.05, 0) is 25.1 Å². The maximum atomic E-state index is 12.0. The van der Waals surface area contributed by atoms with E-state index in [2.05, 4.69) is 0 Å². The molecule has 26 heavy (non-hydrogen) atoms. The highest BCUT2D eigenvalue weighted by Gasteiger charge is 2.45. The van der Waals surface area contributed by atoms with Crippen molar-refractivity contribution in [3.8, 4) is 11.8 Å². The number of rotatable bonds is 4. The van der Waals surface area contributed by atoms with Crippen LogP contribution in [0.2, 0.25) is 0 Å². The number of aromatic nitrogens is 1. The number of nitro groups is 1. The number of aromatic hydroxyl groups is 2. The van der Waals surface area contributed by atoms with E-state index in [1.165, 1.54) is 0 Å². The molecule has 0 bridgehead atoms. The molecular formula is C17H18N2O7. The number of carbonyl (C=O) groups is 1. The molecule has 0 unspecified atom stereocenters. The van der Waals surface area contributed by atoms with Crippen LogP contribution in [0.5, 0.6) is 11.8 Å². The zero-order valence-corrected chi connectivity index (χ0v) is 13.9. The lowest BCUT2D eigenvalue weighted by atomic mass is 9.88. The summed E-state index contributed by atoms with van der Waals surface area (Å²) in [5, 5.41) is 43.4. The minimum atomic E-state index is -1.58. The van der Waals surface area contributed by atoms with E-state index in [0.29, 0.717) is 10.8 Å². The molecule has 3 rings (SSSR count). The normalized spacial score (nSPS) is 22.8. The molecule has 3 N–H and O–H groups in total. The Morgan fingerprint density at radius 3 is 2.38 bits per heavy atom. The third kappa shape index (κ3) is 2.76. The SMILES string of the molecule is CCOC(=O)C1=C[C@H](O)[C@H]([N+](=O)[O-])[C@@H](n2c(O)c3ccccc3c2O)C1. The molecule has 0 radical (unpaired) electrons. The van der Waals surface area contributed by atoms with Crippen LogP contribution >= 0.6 is 0 Å². The van der Waals surface area contributed by atoms with Gasteiger partial charge in [0.05, 0.1) is 6.61 Å². The van der Waals surface area contributed by atoms with Crippen molar-refractivity contribution in [3.05, 3.63) is 46.0 Å². The average molecular weight is 362 g/mol. The van der Waals surface area contributed by atoms with Gasteiger partial charge in [-0.15, -0.1) is 0 Å². The largest absolute Gasteiger partial charge is 0.494 e. The van der Waals surface area contributed by atoms with E-state index in [9.17, 15) is 30.2 Å². The number of aliphatic hydroxyl groups is 1. The summed E-state index contributed by atoms with van der Waals surface area (Å²) in [7, 11) is 0. The number of hydrogen-bond donors (Lipinski definition) is 3. The van der Waals surface area contributed by atoms with Gasteiger partial charge in [0, 0.05) is 27.7 Å². The van der Waals surface area contributed by atoms with Crippen LogP contribution in [0.1, 0.15) is 19.4 Å². The molecule has 0 amide bonds. The Kier molecular flexibility index (Phi) is 4.56. The Bertz CT molecular complexity index is 863. The van der Waals surface area contributed by atoms with Gasteiger partial charge in [0.1, 0.15) is 12.1 Å². The molecule has 1 aliphatic carbocycles. The Morgan fingerprint density at radius 1 is 1.31 bits per heavy atom. The van der Waals surface area contributed by atoms with E-state index >= 15 is 0 Å². The van der Waals surface area contributed by atoms with Crippen LogP contribution in [-0.4, -0.2) is 49.5 Å². The second-order valence-electron chi connectivity index (χ2n) is 6.01. The summed E-state index contributed by atoms with van der Waals surface area (Å²) in [6.07, 6.45) is -0.657. The van der Waals surface area contributed by atoms with Crippen LogP contribution in [-0.2, 0) is 9.53 Å². The number of nitrogens with zero attached hydrogens (tertiary/aromatic N) is 2. The minimum Gasteiger partial charge on any atom is -0.494 e. The molecule has 0 saturated carbocycles. The van der Waals surface area contributed by atoms with Crippen molar-refractivity contribution >= 4 is 16.7 Å². The molecule has 3 atom stereocenters. The van der Waals surface area contributed by atoms with Crippen molar-refractivity contribution < 1.29 is 29.8 Å². The topological polar surface area (TPSA) is 135 Å². The third-order valence-electron chi connectivity index (χ3n) is 4.52. The van der Waals surface area contributed by atoms with Gasteiger partial charge in [-0.2, -0.15) is 0 Å². The van der Waals surface area contributed by atoms with E-state index in [1.807, 2.05) is 0 Å². The standard InChI is InChI=1S/C17H18N2O7/c1-2-26-17(23)9-7-12(14(19(24)25)13(20)8-9)18-15(21)10-5-3-4-6-11(10)16(18)22/h3-6,8,12-14,20-22H,2,7H2,1H3/t12-,13-,14+/m0/s1. The Morgan fingerprint density at radius 2 is 1.88 bits per heavy atom. The van der Waals surface area contributed by atoms with Crippen LogP contribution in [0.3, 0.4) is 0 Å². The molecule has 9 heteroatoms. The van der Waals surface area contributed by atoms with Crippen LogP contribution in [0.15, 0.2) is 35.9 Å². The first kappa shape index (κ1) is 17.7. The minimum absolute atomic E-state index is 0.0546. The van der Waals surface area contributed by atoms with E-state index in [-0.39, 0.29) is 30.4 Å². The average Bonchev–Trinajstić information content (AvgIpc) is 2.85. The summed E-state index contributed by atoms with van der Waals surface area (Å²) in [6.45, 7) is 1.73. The van der Waals surface area contributed by atoms with Crippen molar-refractivity contribution in [3.63, 3.8) is 0 Å². The fraction of sp³-hybridized carbons (Fsp3) is 0.353. The zero-order chi connectivity index (χ0) is 19.0. The maximum Gasteiger partial charge on any atom is 0.333 e. The molecule has 0 fully saturated rings. The summed E-state index contributed by atoms with van der Waals surface area (Å²) in [5.74, 6) is -1.44. The summed E-state index contributed by atoms with van der Waals surface area (Å²) in [4.78, 5) is 22.9. The van der Waals surface area contributed by atoms with E-state index in [0.717, 1.165) is 10.6 Å². The number of ether oxygens (including phenoxy) is 1. The van der Waals surface area contributed by atoms with Gasteiger partial charge in [-0.1, -0.05) is 12.1 Å². The number of fused-ring (bicyclic) bond motifs is 1. The van der Waals surface area contributed by atoms with Gasteiger partial charge in [0.25, 0.3) is 6.04 Å². The van der Waals surface area contributed by atoms with Crippen molar-refractivity contribution in [2.24, 2.45) is 0 Å². The molecule has 1 aromatic heterocycles. The van der Waals surface area contributed by atoms with Gasteiger partial charge in [0.2, 0.25) is 11.8 Å². The Labute approximate surface area is 147 Å². The molecule has 0 aliphatic heterocycles. The first-order chi connectivity index (χ1) is 12.4. The zero-order valence-electron chi connectivity index (χ0n) is 13.9. The van der Waals surface area contributed by atoms with E-state index in [4.69, 9.17) is 4.74 Å². The molecule has 1 aromatic carbocycles. The fourth-order valence-corrected chi connectivity index (χ4v) is 3.38. The van der Waals surface area contributed by atoms with Crippen LogP contribution in [0, 0.1) is 10.1 Å². The van der Waals surface area contributed by atoms with Crippen molar-refractivity contribution in [2.75, 3.05) is 6.61 Å². The first-order valence-electron chi connectivity index (χ1n) is 8.07. The highest BCUT2D eigenvalue weighted by molar-refractivity contribution is 5.93. The monoisotopic (exact) mass is 362 g/mol. The quantitative estimate of drug-likeness (QED) is 0.426. The number of esters is 1. The summed E-state index contributed by atoms with van der Waals surface area (Å²) >= 11 is 0. The maximum absolute atomic E-state index is 12.0. The molecule has 1 aliphatic rings. The Hall–Kier alpha value is -3.07. The lowest BCUT2D eigenvalue weighted by Gasteiger charge is -2.30.